The third-order valence-electron chi connectivity index (χ3n) is 3.67. The maximum atomic E-state index is 12.2. The number of hydrogen-bond acceptors (Lipinski definition) is 4. The molecular formula is C15H21NO3S. The summed E-state index contributed by atoms with van der Waals surface area (Å²) in [6.07, 6.45) is 2.73. The minimum absolute atomic E-state index is 0.0399. The maximum absolute atomic E-state index is 12.2. The Balaban J connectivity index is 1.83. The van der Waals surface area contributed by atoms with Gasteiger partial charge in [0.25, 0.3) is 0 Å². The Labute approximate surface area is 123 Å². The van der Waals surface area contributed by atoms with Crippen molar-refractivity contribution in [1.29, 1.82) is 0 Å². The molecule has 1 amide bonds. The summed E-state index contributed by atoms with van der Waals surface area (Å²) in [5, 5.41) is 11.3. The second-order valence-corrected chi connectivity index (χ2v) is 6.32. The standard InChI is InChI=1S/C15H21NO3S/c1-11(17)10-12-4-2-8-16(12)15(19)7-6-13(18)14-5-3-9-20-14/h3,5,9,11-12,17H,2,4,6-8,10H2,1H3. The van der Waals surface area contributed by atoms with E-state index in [0.717, 1.165) is 24.3 Å². The molecule has 110 valence electrons. The van der Waals surface area contributed by atoms with E-state index in [1.807, 2.05) is 16.3 Å². The van der Waals surface area contributed by atoms with E-state index < -0.39 is 0 Å². The first-order valence-corrected chi connectivity index (χ1v) is 8.00. The second kappa shape index (κ2) is 6.99. The van der Waals surface area contributed by atoms with E-state index in [1.165, 1.54) is 11.3 Å². The molecule has 1 fully saturated rings. The summed E-state index contributed by atoms with van der Waals surface area (Å²) in [4.78, 5) is 26.7. The average Bonchev–Trinajstić information content (AvgIpc) is 3.05. The van der Waals surface area contributed by atoms with Gasteiger partial charge in [0, 0.05) is 25.4 Å². The van der Waals surface area contributed by atoms with Gasteiger partial charge in [-0.15, -0.1) is 11.3 Å². The van der Waals surface area contributed by atoms with Crippen LogP contribution in [0.5, 0.6) is 0 Å². The first-order valence-electron chi connectivity index (χ1n) is 7.12. The smallest absolute Gasteiger partial charge is 0.223 e. The third-order valence-corrected chi connectivity index (χ3v) is 4.58. The lowest BCUT2D eigenvalue weighted by molar-refractivity contribution is -0.132. The molecule has 1 aliphatic rings. The molecule has 1 aliphatic heterocycles. The number of aliphatic hydroxyl groups is 1. The molecule has 5 heteroatoms. The lowest BCUT2D eigenvalue weighted by atomic mass is 10.1. The molecule has 2 heterocycles. The highest BCUT2D eigenvalue weighted by Crippen LogP contribution is 2.23. The van der Waals surface area contributed by atoms with Crippen molar-refractivity contribution in [3.8, 4) is 0 Å². The van der Waals surface area contributed by atoms with Crippen LogP contribution in [0.2, 0.25) is 0 Å². The topological polar surface area (TPSA) is 57.6 Å². The number of ketones is 1. The minimum Gasteiger partial charge on any atom is -0.393 e. The number of nitrogens with zero attached hydrogens (tertiary/aromatic N) is 1. The van der Waals surface area contributed by atoms with Gasteiger partial charge in [-0.3, -0.25) is 9.59 Å². The maximum Gasteiger partial charge on any atom is 0.223 e. The van der Waals surface area contributed by atoms with Gasteiger partial charge >= 0.3 is 0 Å². The Hall–Kier alpha value is -1.20. The lowest BCUT2D eigenvalue weighted by Crippen LogP contribution is -2.37. The fraction of sp³-hybridized carbons (Fsp3) is 0.600. The van der Waals surface area contributed by atoms with Gasteiger partial charge in [-0.1, -0.05) is 6.07 Å². The molecular weight excluding hydrogens is 274 g/mol. The SMILES string of the molecule is CC(O)CC1CCCN1C(=O)CCC(=O)c1cccs1. The fourth-order valence-electron chi connectivity index (χ4n) is 2.73. The number of thiophene rings is 1. The van der Waals surface area contributed by atoms with E-state index in [2.05, 4.69) is 0 Å². The molecule has 0 radical (unpaired) electrons. The molecule has 1 saturated heterocycles. The van der Waals surface area contributed by atoms with Crippen LogP contribution < -0.4 is 0 Å². The number of likely N-dealkylation sites (tertiary alicyclic amines) is 1. The van der Waals surface area contributed by atoms with E-state index in [4.69, 9.17) is 0 Å². The van der Waals surface area contributed by atoms with Gasteiger partial charge in [-0.05, 0) is 37.6 Å². The van der Waals surface area contributed by atoms with Crippen LogP contribution in [0, 0.1) is 0 Å². The van der Waals surface area contributed by atoms with Gasteiger partial charge in [-0.2, -0.15) is 0 Å². The van der Waals surface area contributed by atoms with Crippen LogP contribution in [0.1, 0.15) is 48.7 Å². The normalized spacial score (nSPS) is 20.1. The van der Waals surface area contributed by atoms with Gasteiger partial charge in [0.1, 0.15) is 0 Å². The van der Waals surface area contributed by atoms with Gasteiger partial charge in [0.2, 0.25) is 5.91 Å². The molecule has 0 bridgehead atoms. The van der Waals surface area contributed by atoms with E-state index in [-0.39, 0.29) is 36.7 Å². The zero-order chi connectivity index (χ0) is 14.5. The number of carbonyl (C=O) groups is 2. The zero-order valence-electron chi connectivity index (χ0n) is 11.7. The van der Waals surface area contributed by atoms with E-state index in [1.54, 1.807) is 13.0 Å². The summed E-state index contributed by atoms with van der Waals surface area (Å²) in [6.45, 7) is 2.50. The number of rotatable bonds is 6. The molecule has 0 spiro atoms. The summed E-state index contributed by atoms with van der Waals surface area (Å²) >= 11 is 1.42. The molecule has 1 N–H and O–H groups in total. The number of aliphatic hydroxyl groups excluding tert-OH is 1. The Morgan fingerprint density at radius 3 is 2.95 bits per heavy atom. The van der Waals surface area contributed by atoms with Crippen molar-refractivity contribution in [1.82, 2.24) is 4.90 Å². The Kier molecular flexibility index (Phi) is 5.31. The van der Waals surface area contributed by atoms with E-state index >= 15 is 0 Å². The van der Waals surface area contributed by atoms with Crippen LogP contribution >= 0.6 is 11.3 Å². The average molecular weight is 295 g/mol. The van der Waals surface area contributed by atoms with Crippen LogP contribution in [0.3, 0.4) is 0 Å². The Morgan fingerprint density at radius 1 is 1.50 bits per heavy atom. The molecule has 0 saturated carbocycles. The van der Waals surface area contributed by atoms with Crippen molar-refractivity contribution in [2.45, 2.75) is 51.2 Å². The summed E-state index contributed by atoms with van der Waals surface area (Å²) in [7, 11) is 0. The molecule has 0 aliphatic carbocycles. The number of carbonyl (C=O) groups excluding carboxylic acids is 2. The zero-order valence-corrected chi connectivity index (χ0v) is 12.6. The number of hydrogen-bond donors (Lipinski definition) is 1. The quantitative estimate of drug-likeness (QED) is 0.820. The first-order chi connectivity index (χ1) is 9.58. The van der Waals surface area contributed by atoms with Crippen LogP contribution in [-0.4, -0.2) is 40.4 Å². The molecule has 2 atom stereocenters. The monoisotopic (exact) mass is 295 g/mol. The summed E-state index contributed by atoms with van der Waals surface area (Å²) in [5.74, 6) is 0.0812. The van der Waals surface area contributed by atoms with Crippen LogP contribution in [-0.2, 0) is 4.79 Å². The molecule has 2 rings (SSSR count). The van der Waals surface area contributed by atoms with E-state index in [0.29, 0.717) is 6.42 Å². The predicted molar refractivity (Wildman–Crippen MR) is 78.9 cm³/mol. The van der Waals surface area contributed by atoms with Gasteiger partial charge in [0.05, 0.1) is 11.0 Å². The van der Waals surface area contributed by atoms with Gasteiger partial charge < -0.3 is 10.0 Å². The molecule has 0 aromatic carbocycles. The molecule has 2 unspecified atom stereocenters. The van der Waals surface area contributed by atoms with Gasteiger partial charge in [-0.25, -0.2) is 0 Å². The fourth-order valence-corrected chi connectivity index (χ4v) is 3.42. The van der Waals surface area contributed by atoms with Gasteiger partial charge in [0.15, 0.2) is 5.78 Å². The predicted octanol–water partition coefficient (Wildman–Crippen LogP) is 2.47. The summed E-state index contributed by atoms with van der Waals surface area (Å²) in [6, 6.07) is 3.78. The summed E-state index contributed by atoms with van der Waals surface area (Å²) in [5.41, 5.74) is 0. The molecule has 1 aromatic heterocycles. The molecule has 1 aromatic rings. The van der Waals surface area contributed by atoms with Crippen LogP contribution in [0.25, 0.3) is 0 Å². The first kappa shape index (κ1) is 15.2. The Bertz CT molecular complexity index is 456. The van der Waals surface area contributed by atoms with E-state index in [9.17, 15) is 14.7 Å². The van der Waals surface area contributed by atoms with Crippen molar-refractivity contribution >= 4 is 23.0 Å². The second-order valence-electron chi connectivity index (χ2n) is 5.37. The largest absolute Gasteiger partial charge is 0.393 e. The Morgan fingerprint density at radius 2 is 2.30 bits per heavy atom. The highest BCUT2D eigenvalue weighted by atomic mass is 32.1. The van der Waals surface area contributed by atoms with Crippen molar-refractivity contribution in [2.24, 2.45) is 0 Å². The number of Topliss-reactive ketones (excluding diaryl/α,β-unsaturated/α-hetero) is 1. The third kappa shape index (κ3) is 3.90. The van der Waals surface area contributed by atoms with Crippen molar-refractivity contribution in [3.63, 3.8) is 0 Å². The van der Waals surface area contributed by atoms with Crippen molar-refractivity contribution in [3.05, 3.63) is 22.4 Å². The minimum atomic E-state index is -0.388. The highest BCUT2D eigenvalue weighted by Gasteiger charge is 2.29. The highest BCUT2D eigenvalue weighted by molar-refractivity contribution is 7.12. The van der Waals surface area contributed by atoms with Crippen molar-refractivity contribution in [2.75, 3.05) is 6.54 Å². The van der Waals surface area contributed by atoms with Crippen LogP contribution in [0.15, 0.2) is 17.5 Å². The van der Waals surface area contributed by atoms with Crippen LogP contribution in [0.4, 0.5) is 0 Å². The molecule has 4 nitrogen and oxygen atoms in total. The number of amides is 1. The lowest BCUT2D eigenvalue weighted by Gasteiger charge is -2.25. The summed E-state index contributed by atoms with van der Waals surface area (Å²) < 4.78 is 0. The molecule has 20 heavy (non-hydrogen) atoms. The van der Waals surface area contributed by atoms with Crippen molar-refractivity contribution < 1.29 is 14.7 Å².